The summed E-state index contributed by atoms with van der Waals surface area (Å²) >= 11 is 0. The Morgan fingerprint density at radius 1 is 1.41 bits per heavy atom. The third-order valence-electron chi connectivity index (χ3n) is 2.11. The lowest BCUT2D eigenvalue weighted by Gasteiger charge is -2.10. The number of carboxylic acid groups (broad SMARTS) is 1. The lowest BCUT2D eigenvalue weighted by Crippen LogP contribution is -2.16. The van der Waals surface area contributed by atoms with E-state index in [1.165, 1.54) is 0 Å². The maximum Gasteiger partial charge on any atom is 0.305 e. The molecule has 0 heterocycles. The first-order valence-corrected chi connectivity index (χ1v) is 4.50. The zero-order valence-corrected chi connectivity index (χ0v) is 8.53. The summed E-state index contributed by atoms with van der Waals surface area (Å²) in [5.74, 6) is -2.48. The van der Waals surface area contributed by atoms with Crippen molar-refractivity contribution in [3.05, 3.63) is 27.8 Å². The number of nitrogens with zero attached hydrogens (tertiary/aromatic N) is 1. The molecule has 0 spiro atoms. The molecule has 0 aliphatic carbocycles. The monoisotopic (exact) mass is 242 g/mol. The third kappa shape index (κ3) is 2.82. The molecule has 1 rings (SSSR count). The van der Waals surface area contributed by atoms with Crippen molar-refractivity contribution in [3.63, 3.8) is 0 Å². The average molecular weight is 242 g/mol. The van der Waals surface area contributed by atoms with Gasteiger partial charge in [-0.2, -0.15) is 0 Å². The van der Waals surface area contributed by atoms with Crippen LogP contribution in [0.15, 0.2) is 12.1 Å². The summed E-state index contributed by atoms with van der Waals surface area (Å²) in [6.07, 6.45) is -0.523. The van der Waals surface area contributed by atoms with Gasteiger partial charge in [0.15, 0.2) is 11.5 Å². The average Bonchev–Trinajstić information content (AvgIpc) is 2.19. The van der Waals surface area contributed by atoms with Crippen molar-refractivity contribution in [2.45, 2.75) is 12.5 Å². The number of rotatable bonds is 4. The van der Waals surface area contributed by atoms with Crippen molar-refractivity contribution in [1.82, 2.24) is 0 Å². The van der Waals surface area contributed by atoms with E-state index in [9.17, 15) is 20.0 Å². The summed E-state index contributed by atoms with van der Waals surface area (Å²) in [6, 6.07) is 0.479. The van der Waals surface area contributed by atoms with Gasteiger partial charge in [-0.15, -0.1) is 0 Å². The quantitative estimate of drug-likeness (QED) is 0.341. The Kier molecular flexibility index (Phi) is 3.49. The normalized spacial score (nSPS) is 12.1. The number of nitrogens with two attached hydrogens (primary N) is 1. The molecule has 0 fully saturated rings. The van der Waals surface area contributed by atoms with E-state index in [0.29, 0.717) is 0 Å². The van der Waals surface area contributed by atoms with Crippen LogP contribution in [0, 0.1) is 10.1 Å². The summed E-state index contributed by atoms with van der Waals surface area (Å²) in [6.45, 7) is 0. The molecule has 0 aliphatic heterocycles. The second-order valence-corrected chi connectivity index (χ2v) is 3.36. The van der Waals surface area contributed by atoms with E-state index < -0.39 is 40.5 Å². The zero-order valence-electron chi connectivity index (χ0n) is 8.53. The number of nitro groups is 1. The predicted octanol–water partition coefficient (Wildman–Crippen LogP) is 0.480. The third-order valence-corrected chi connectivity index (χ3v) is 2.11. The highest BCUT2D eigenvalue weighted by Crippen LogP contribution is 2.35. The van der Waals surface area contributed by atoms with Crippen LogP contribution in [0.1, 0.15) is 18.0 Å². The maximum atomic E-state index is 10.7. The standard InChI is InChI=1S/C9H10N2O6/c10-5(2-9(14)15)4-1-7(12)8(13)3-6(4)11(16)17/h1,3,5,12-13H,2,10H2,(H,14,15). The van der Waals surface area contributed by atoms with Gasteiger partial charge in [-0.05, 0) is 6.07 Å². The van der Waals surface area contributed by atoms with Crippen molar-refractivity contribution in [3.8, 4) is 11.5 Å². The van der Waals surface area contributed by atoms with Gasteiger partial charge in [-0.25, -0.2) is 0 Å². The molecule has 1 aromatic carbocycles. The minimum Gasteiger partial charge on any atom is -0.504 e. The van der Waals surface area contributed by atoms with Gasteiger partial charge in [0.2, 0.25) is 0 Å². The molecule has 5 N–H and O–H groups in total. The Morgan fingerprint density at radius 2 is 1.94 bits per heavy atom. The molecule has 0 amide bonds. The van der Waals surface area contributed by atoms with Crippen molar-refractivity contribution in [2.75, 3.05) is 0 Å². The molecule has 0 radical (unpaired) electrons. The Bertz CT molecular complexity index is 473. The number of phenolic OH excluding ortho intramolecular Hbond substituents is 2. The van der Waals surface area contributed by atoms with Gasteiger partial charge in [-0.1, -0.05) is 0 Å². The van der Waals surface area contributed by atoms with Gasteiger partial charge in [-0.3, -0.25) is 14.9 Å². The van der Waals surface area contributed by atoms with Crippen LogP contribution in [0.25, 0.3) is 0 Å². The molecule has 92 valence electrons. The summed E-state index contributed by atoms with van der Waals surface area (Å²) < 4.78 is 0. The van der Waals surface area contributed by atoms with Gasteiger partial charge >= 0.3 is 5.97 Å². The second kappa shape index (κ2) is 4.66. The SMILES string of the molecule is NC(CC(=O)O)c1cc(O)c(O)cc1[N+](=O)[O-]. The lowest BCUT2D eigenvalue weighted by molar-refractivity contribution is -0.385. The molecule has 8 heteroatoms. The molecule has 8 nitrogen and oxygen atoms in total. The molecule has 0 bridgehead atoms. The van der Waals surface area contributed by atoms with Crippen LogP contribution in [0.3, 0.4) is 0 Å². The number of phenols is 2. The van der Waals surface area contributed by atoms with Crippen molar-refractivity contribution < 1.29 is 25.0 Å². The number of aliphatic carboxylic acids is 1. The number of hydrogen-bond donors (Lipinski definition) is 4. The van der Waals surface area contributed by atoms with Crippen molar-refractivity contribution in [2.24, 2.45) is 5.73 Å². The maximum absolute atomic E-state index is 10.7. The van der Waals surface area contributed by atoms with E-state index >= 15 is 0 Å². The number of carboxylic acids is 1. The van der Waals surface area contributed by atoms with E-state index in [1.54, 1.807) is 0 Å². The van der Waals surface area contributed by atoms with Crippen LogP contribution >= 0.6 is 0 Å². The highest BCUT2D eigenvalue weighted by atomic mass is 16.6. The second-order valence-electron chi connectivity index (χ2n) is 3.36. The van der Waals surface area contributed by atoms with Crippen molar-refractivity contribution >= 4 is 11.7 Å². The van der Waals surface area contributed by atoms with Gasteiger partial charge in [0.05, 0.1) is 23.0 Å². The highest BCUT2D eigenvalue weighted by Gasteiger charge is 2.24. The highest BCUT2D eigenvalue weighted by molar-refractivity contribution is 5.68. The molecule has 17 heavy (non-hydrogen) atoms. The molecular weight excluding hydrogens is 232 g/mol. The summed E-state index contributed by atoms with van der Waals surface area (Å²) in [4.78, 5) is 20.3. The Morgan fingerprint density at radius 3 is 2.41 bits per heavy atom. The van der Waals surface area contributed by atoms with Crippen LogP contribution in [-0.2, 0) is 4.79 Å². The fourth-order valence-corrected chi connectivity index (χ4v) is 1.34. The molecule has 0 saturated heterocycles. The molecule has 0 aromatic heterocycles. The number of nitro benzene ring substituents is 1. The molecule has 0 saturated carbocycles. The van der Waals surface area contributed by atoms with Gasteiger partial charge < -0.3 is 21.1 Å². The van der Waals surface area contributed by atoms with Crippen LogP contribution < -0.4 is 5.73 Å². The molecule has 1 aromatic rings. The van der Waals surface area contributed by atoms with E-state index in [1.807, 2.05) is 0 Å². The molecule has 1 atom stereocenters. The predicted molar refractivity (Wildman–Crippen MR) is 55.6 cm³/mol. The summed E-state index contributed by atoms with van der Waals surface area (Å²) in [7, 11) is 0. The largest absolute Gasteiger partial charge is 0.504 e. The molecule has 0 aliphatic rings. The lowest BCUT2D eigenvalue weighted by atomic mass is 10.0. The van der Waals surface area contributed by atoms with Gasteiger partial charge in [0.1, 0.15) is 0 Å². The smallest absolute Gasteiger partial charge is 0.305 e. The van der Waals surface area contributed by atoms with Gasteiger partial charge in [0.25, 0.3) is 5.69 Å². The van der Waals surface area contributed by atoms with Crippen molar-refractivity contribution in [1.29, 1.82) is 0 Å². The topological polar surface area (TPSA) is 147 Å². The van der Waals surface area contributed by atoms with Crippen LogP contribution in [-0.4, -0.2) is 26.2 Å². The first-order valence-electron chi connectivity index (χ1n) is 4.50. The fraction of sp³-hybridized carbons (Fsp3) is 0.222. The summed E-state index contributed by atoms with van der Waals surface area (Å²) in [5.41, 5.74) is 4.80. The fourth-order valence-electron chi connectivity index (χ4n) is 1.34. The minimum atomic E-state index is -1.22. The number of aromatic hydroxyl groups is 2. The number of hydrogen-bond acceptors (Lipinski definition) is 6. The number of benzene rings is 1. The number of carbonyl (C=O) groups is 1. The Hall–Kier alpha value is -2.35. The van der Waals surface area contributed by atoms with E-state index in [4.69, 9.17) is 15.9 Å². The molecular formula is C9H10N2O6. The van der Waals surface area contributed by atoms with E-state index in [0.717, 1.165) is 12.1 Å². The zero-order chi connectivity index (χ0) is 13.2. The summed E-state index contributed by atoms with van der Waals surface area (Å²) in [5, 5.41) is 37.6. The van der Waals surface area contributed by atoms with Crippen LogP contribution in [0.4, 0.5) is 5.69 Å². The van der Waals surface area contributed by atoms with Crippen LogP contribution in [0.5, 0.6) is 11.5 Å². The first kappa shape index (κ1) is 12.7. The van der Waals surface area contributed by atoms with E-state index in [2.05, 4.69) is 0 Å². The first-order chi connectivity index (χ1) is 7.82. The minimum absolute atomic E-state index is 0.146. The Balaban J connectivity index is 3.25. The van der Waals surface area contributed by atoms with Gasteiger partial charge in [0, 0.05) is 6.04 Å². The van der Waals surface area contributed by atoms with Crippen LogP contribution in [0.2, 0.25) is 0 Å². The Labute approximate surface area is 95.1 Å². The van der Waals surface area contributed by atoms with E-state index in [-0.39, 0.29) is 5.56 Å². The molecule has 1 unspecified atom stereocenters.